The second-order valence-corrected chi connectivity index (χ2v) is 8.02. The van der Waals surface area contributed by atoms with Crippen molar-refractivity contribution in [3.63, 3.8) is 0 Å². The molecule has 4 nitrogen and oxygen atoms in total. The van der Waals surface area contributed by atoms with E-state index < -0.39 is 0 Å². The fourth-order valence-corrected chi connectivity index (χ4v) is 4.18. The highest BCUT2D eigenvalue weighted by Gasteiger charge is 2.30. The van der Waals surface area contributed by atoms with E-state index in [1.807, 2.05) is 35.4 Å². The monoisotopic (exact) mass is 391 g/mol. The number of nitrogens with zero attached hydrogens (tertiary/aromatic N) is 2. The molecular weight excluding hydrogens is 366 g/mol. The molecule has 2 heterocycles. The normalized spacial score (nSPS) is 16.4. The van der Waals surface area contributed by atoms with Crippen LogP contribution in [0.4, 0.5) is 10.5 Å². The number of thioether (sulfide) groups is 1. The first-order valence-corrected chi connectivity index (χ1v) is 10.8. The van der Waals surface area contributed by atoms with Crippen molar-refractivity contribution < 1.29 is 4.79 Å². The number of nitrogens with one attached hydrogen (secondary N) is 1. The molecule has 28 heavy (non-hydrogen) atoms. The molecule has 1 atom stereocenters. The Labute approximate surface area is 170 Å². The van der Waals surface area contributed by atoms with E-state index in [-0.39, 0.29) is 12.1 Å². The molecule has 0 aliphatic carbocycles. The lowest BCUT2D eigenvalue weighted by Crippen LogP contribution is -2.38. The Morgan fingerprint density at radius 1 is 1.04 bits per heavy atom. The summed E-state index contributed by atoms with van der Waals surface area (Å²) in [6.45, 7) is 3.73. The van der Waals surface area contributed by atoms with Crippen LogP contribution in [0.25, 0.3) is 0 Å². The molecule has 0 bridgehead atoms. The molecule has 5 heteroatoms. The average Bonchev–Trinajstić information content (AvgIpc) is 3.09. The first-order valence-electron chi connectivity index (χ1n) is 9.59. The van der Waals surface area contributed by atoms with Gasteiger partial charge in [0, 0.05) is 35.6 Å². The van der Waals surface area contributed by atoms with Gasteiger partial charge in [-0.05, 0) is 61.6 Å². The minimum Gasteiger partial charge on any atom is -0.349 e. The van der Waals surface area contributed by atoms with Gasteiger partial charge in [0.15, 0.2) is 0 Å². The van der Waals surface area contributed by atoms with Gasteiger partial charge in [-0.2, -0.15) is 0 Å². The molecule has 1 aliphatic heterocycles. The third-order valence-corrected chi connectivity index (χ3v) is 5.99. The van der Waals surface area contributed by atoms with E-state index >= 15 is 0 Å². The number of anilines is 1. The molecule has 2 aromatic carbocycles. The molecule has 2 amide bonds. The highest BCUT2D eigenvalue weighted by Crippen LogP contribution is 2.32. The third kappa shape index (κ3) is 3.80. The summed E-state index contributed by atoms with van der Waals surface area (Å²) in [6.07, 6.45) is 5.09. The topological polar surface area (TPSA) is 37.3 Å². The number of urea groups is 1. The Morgan fingerprint density at radius 3 is 2.50 bits per heavy atom. The van der Waals surface area contributed by atoms with Crippen LogP contribution in [0.3, 0.4) is 0 Å². The van der Waals surface area contributed by atoms with Crippen LogP contribution in [0.15, 0.2) is 71.8 Å². The second kappa shape index (κ2) is 8.15. The van der Waals surface area contributed by atoms with Gasteiger partial charge in [0.2, 0.25) is 0 Å². The Kier molecular flexibility index (Phi) is 5.44. The lowest BCUT2D eigenvalue weighted by atomic mass is 10.0. The predicted molar refractivity (Wildman–Crippen MR) is 116 cm³/mol. The van der Waals surface area contributed by atoms with Gasteiger partial charge < -0.3 is 14.8 Å². The van der Waals surface area contributed by atoms with Crippen molar-refractivity contribution in [2.24, 2.45) is 0 Å². The maximum Gasteiger partial charge on any atom is 0.322 e. The largest absolute Gasteiger partial charge is 0.349 e. The molecule has 3 aromatic rings. The summed E-state index contributed by atoms with van der Waals surface area (Å²) >= 11 is 1.69. The lowest BCUT2D eigenvalue weighted by Gasteiger charge is -2.31. The number of carbonyl (C=O) groups is 1. The first kappa shape index (κ1) is 18.7. The van der Waals surface area contributed by atoms with Crippen LogP contribution in [-0.4, -0.2) is 28.3 Å². The molecular formula is C23H25N3OS. The van der Waals surface area contributed by atoms with Gasteiger partial charge in [-0.1, -0.05) is 29.8 Å². The van der Waals surface area contributed by atoms with Crippen molar-refractivity contribution >= 4 is 23.5 Å². The summed E-state index contributed by atoms with van der Waals surface area (Å²) in [5.74, 6) is 0. The van der Waals surface area contributed by atoms with Crippen molar-refractivity contribution in [3.05, 3.63) is 83.7 Å². The van der Waals surface area contributed by atoms with E-state index in [0.29, 0.717) is 0 Å². The van der Waals surface area contributed by atoms with Crippen LogP contribution in [0.1, 0.15) is 29.3 Å². The van der Waals surface area contributed by atoms with Crippen molar-refractivity contribution in [2.75, 3.05) is 18.1 Å². The zero-order valence-electron chi connectivity index (χ0n) is 16.3. The summed E-state index contributed by atoms with van der Waals surface area (Å²) < 4.78 is 2.27. The van der Waals surface area contributed by atoms with E-state index in [0.717, 1.165) is 36.5 Å². The number of hydrogen-bond acceptors (Lipinski definition) is 2. The van der Waals surface area contributed by atoms with Gasteiger partial charge in [-0.25, -0.2) is 4.79 Å². The summed E-state index contributed by atoms with van der Waals surface area (Å²) in [5.41, 5.74) is 4.34. The van der Waals surface area contributed by atoms with Gasteiger partial charge in [0.25, 0.3) is 0 Å². The standard InChI is InChI=1S/C23H25N3OS/c1-17-6-8-18(9-7-17)22-21-5-3-14-25(21)15-4-16-26(22)23(27)24-19-10-12-20(28-2)13-11-19/h3,5-14,22H,4,15-16H2,1-2H3,(H,24,27)/t22-/m1/s1. The van der Waals surface area contributed by atoms with Crippen LogP contribution >= 0.6 is 11.8 Å². The number of carbonyl (C=O) groups excluding carboxylic acids is 1. The zero-order chi connectivity index (χ0) is 19.5. The smallest absolute Gasteiger partial charge is 0.322 e. The number of rotatable bonds is 3. The molecule has 1 aromatic heterocycles. The number of aryl methyl sites for hydroxylation is 2. The van der Waals surface area contributed by atoms with E-state index in [4.69, 9.17) is 0 Å². The van der Waals surface area contributed by atoms with Crippen LogP contribution in [0, 0.1) is 6.92 Å². The quantitative estimate of drug-likeness (QED) is 0.595. The van der Waals surface area contributed by atoms with Crippen LogP contribution in [-0.2, 0) is 6.54 Å². The van der Waals surface area contributed by atoms with Gasteiger partial charge in [-0.15, -0.1) is 11.8 Å². The molecule has 0 spiro atoms. The van der Waals surface area contributed by atoms with E-state index in [1.165, 1.54) is 10.5 Å². The van der Waals surface area contributed by atoms with Gasteiger partial charge in [-0.3, -0.25) is 0 Å². The summed E-state index contributed by atoms with van der Waals surface area (Å²) in [5, 5.41) is 3.09. The van der Waals surface area contributed by atoms with Crippen LogP contribution < -0.4 is 5.32 Å². The maximum absolute atomic E-state index is 13.3. The predicted octanol–water partition coefficient (Wildman–Crippen LogP) is 5.55. The number of fused-ring (bicyclic) bond motifs is 1. The molecule has 0 radical (unpaired) electrons. The SMILES string of the molecule is CSc1ccc(NC(=O)N2CCCn3cccc3[C@H]2c2ccc(C)cc2)cc1. The molecule has 4 rings (SSSR count). The van der Waals surface area contributed by atoms with Gasteiger partial charge >= 0.3 is 6.03 Å². The molecule has 1 N–H and O–H groups in total. The maximum atomic E-state index is 13.3. The molecule has 0 saturated heterocycles. The highest BCUT2D eigenvalue weighted by molar-refractivity contribution is 7.98. The van der Waals surface area contributed by atoms with Crippen LogP contribution in [0.2, 0.25) is 0 Å². The van der Waals surface area contributed by atoms with Crippen molar-refractivity contribution in [1.82, 2.24) is 9.47 Å². The minimum absolute atomic E-state index is 0.0582. The minimum atomic E-state index is -0.0939. The van der Waals surface area contributed by atoms with Crippen LogP contribution in [0.5, 0.6) is 0 Å². The molecule has 144 valence electrons. The Bertz CT molecular complexity index is 947. The van der Waals surface area contributed by atoms with Gasteiger partial charge in [0.05, 0.1) is 6.04 Å². The fourth-order valence-electron chi connectivity index (χ4n) is 3.77. The number of aromatic nitrogens is 1. The molecule has 0 saturated carbocycles. The highest BCUT2D eigenvalue weighted by atomic mass is 32.2. The summed E-state index contributed by atoms with van der Waals surface area (Å²) in [7, 11) is 0. The van der Waals surface area contributed by atoms with Crippen molar-refractivity contribution in [1.29, 1.82) is 0 Å². The molecule has 0 fully saturated rings. The Balaban J connectivity index is 1.66. The Morgan fingerprint density at radius 2 is 1.79 bits per heavy atom. The summed E-state index contributed by atoms with van der Waals surface area (Å²) in [6, 6.07) is 20.5. The van der Waals surface area contributed by atoms with Gasteiger partial charge in [0.1, 0.15) is 0 Å². The van der Waals surface area contributed by atoms with Crippen molar-refractivity contribution in [2.45, 2.75) is 30.8 Å². The zero-order valence-corrected chi connectivity index (χ0v) is 17.1. The second-order valence-electron chi connectivity index (χ2n) is 7.15. The summed E-state index contributed by atoms with van der Waals surface area (Å²) in [4.78, 5) is 16.4. The lowest BCUT2D eigenvalue weighted by molar-refractivity contribution is 0.199. The number of hydrogen-bond donors (Lipinski definition) is 1. The van der Waals surface area contributed by atoms with Crippen molar-refractivity contribution in [3.8, 4) is 0 Å². The number of amides is 2. The first-order chi connectivity index (χ1) is 13.7. The van der Waals surface area contributed by atoms with E-state index in [9.17, 15) is 4.79 Å². The third-order valence-electron chi connectivity index (χ3n) is 5.25. The fraction of sp³-hybridized carbons (Fsp3) is 0.261. The van der Waals surface area contributed by atoms with E-state index in [1.54, 1.807) is 11.8 Å². The average molecular weight is 392 g/mol. The Hall–Kier alpha value is -2.66. The molecule has 1 aliphatic rings. The van der Waals surface area contributed by atoms with E-state index in [2.05, 4.69) is 59.4 Å². The number of benzene rings is 2. The molecule has 0 unspecified atom stereocenters.